The summed E-state index contributed by atoms with van der Waals surface area (Å²) in [6.45, 7) is 6.53. The molecule has 0 saturated carbocycles. The van der Waals surface area contributed by atoms with E-state index in [0.29, 0.717) is 5.75 Å². The van der Waals surface area contributed by atoms with Gasteiger partial charge in [0.15, 0.2) is 0 Å². The lowest BCUT2D eigenvalue weighted by atomic mass is 9.85. The molecule has 18 heavy (non-hydrogen) atoms. The van der Waals surface area contributed by atoms with Crippen LogP contribution in [0.25, 0.3) is 0 Å². The molecule has 98 valence electrons. The molecule has 1 saturated heterocycles. The number of hydrogen-bond donors (Lipinski definition) is 2. The fraction of sp³-hybridized carbons (Fsp3) is 0.500. The summed E-state index contributed by atoms with van der Waals surface area (Å²) in [6, 6.07) is 3.86. The normalized spacial score (nSPS) is 24.0. The van der Waals surface area contributed by atoms with Crippen LogP contribution in [0.5, 0.6) is 5.75 Å². The minimum absolute atomic E-state index is 0.0490. The zero-order chi connectivity index (χ0) is 13.5. The molecule has 1 fully saturated rings. The lowest BCUT2D eigenvalue weighted by Gasteiger charge is -2.39. The Morgan fingerprint density at radius 2 is 1.89 bits per heavy atom. The van der Waals surface area contributed by atoms with Crippen molar-refractivity contribution in [3.8, 4) is 5.75 Å². The highest BCUT2D eigenvalue weighted by Gasteiger charge is 2.34. The quantitative estimate of drug-likeness (QED) is 0.801. The molecule has 2 amide bonds. The first-order chi connectivity index (χ1) is 8.33. The topological polar surface area (TPSA) is 52.6 Å². The first kappa shape index (κ1) is 12.7. The number of hydrogen-bond acceptors (Lipinski definition) is 2. The highest BCUT2D eigenvalue weighted by molar-refractivity contribution is 5.76. The van der Waals surface area contributed by atoms with Crippen LogP contribution in [0.4, 0.5) is 4.79 Å². The number of nitrogens with zero attached hydrogens (tertiary/aromatic N) is 1. The average Bonchev–Trinajstić information content (AvgIpc) is 2.31. The number of aromatic hydroxyl groups is 1. The molecule has 4 nitrogen and oxygen atoms in total. The van der Waals surface area contributed by atoms with Gasteiger partial charge in [0, 0.05) is 13.6 Å². The number of amides is 2. The van der Waals surface area contributed by atoms with Gasteiger partial charge in [0.05, 0.1) is 5.54 Å². The molecule has 4 heteroatoms. The van der Waals surface area contributed by atoms with Crippen LogP contribution in [0.1, 0.15) is 30.0 Å². The van der Waals surface area contributed by atoms with Crippen molar-refractivity contribution >= 4 is 6.03 Å². The third kappa shape index (κ3) is 2.03. The van der Waals surface area contributed by atoms with E-state index in [1.165, 1.54) is 0 Å². The number of rotatable bonds is 1. The second-order valence-corrected chi connectivity index (χ2v) is 5.39. The van der Waals surface area contributed by atoms with Gasteiger partial charge in [0.2, 0.25) is 0 Å². The van der Waals surface area contributed by atoms with Crippen molar-refractivity contribution in [3.63, 3.8) is 0 Å². The van der Waals surface area contributed by atoms with Crippen LogP contribution in [0, 0.1) is 13.8 Å². The van der Waals surface area contributed by atoms with Crippen molar-refractivity contribution in [1.82, 2.24) is 10.2 Å². The van der Waals surface area contributed by atoms with Crippen LogP contribution in [-0.4, -0.2) is 29.6 Å². The molecule has 1 aromatic rings. The Bertz CT molecular complexity index is 476. The molecule has 1 atom stereocenters. The predicted molar refractivity (Wildman–Crippen MR) is 70.7 cm³/mol. The number of phenolic OH excluding ortho intramolecular Hbond substituents is 1. The van der Waals surface area contributed by atoms with Gasteiger partial charge in [-0.2, -0.15) is 0 Å². The molecule has 0 radical (unpaired) electrons. The van der Waals surface area contributed by atoms with E-state index in [-0.39, 0.29) is 11.6 Å². The highest BCUT2D eigenvalue weighted by atomic mass is 16.3. The van der Waals surface area contributed by atoms with Crippen molar-refractivity contribution in [2.24, 2.45) is 0 Å². The third-order valence-electron chi connectivity index (χ3n) is 3.80. The Labute approximate surface area is 108 Å². The first-order valence-corrected chi connectivity index (χ1v) is 6.17. The van der Waals surface area contributed by atoms with E-state index < -0.39 is 0 Å². The minimum atomic E-state index is -0.354. The maximum absolute atomic E-state index is 11.8. The Morgan fingerprint density at radius 3 is 2.39 bits per heavy atom. The molecule has 1 unspecified atom stereocenters. The van der Waals surface area contributed by atoms with Crippen LogP contribution in [-0.2, 0) is 5.54 Å². The molecule has 2 rings (SSSR count). The first-order valence-electron chi connectivity index (χ1n) is 6.17. The van der Waals surface area contributed by atoms with Crippen LogP contribution >= 0.6 is 0 Å². The second kappa shape index (κ2) is 4.19. The maximum atomic E-state index is 11.8. The van der Waals surface area contributed by atoms with E-state index in [2.05, 4.69) is 5.32 Å². The van der Waals surface area contributed by atoms with Gasteiger partial charge in [-0.05, 0) is 43.9 Å². The van der Waals surface area contributed by atoms with Gasteiger partial charge in [-0.15, -0.1) is 0 Å². The average molecular weight is 248 g/mol. The predicted octanol–water partition coefficient (Wildman–Crippen LogP) is 2.27. The van der Waals surface area contributed by atoms with E-state index in [4.69, 9.17) is 0 Å². The highest BCUT2D eigenvalue weighted by Crippen LogP contribution is 2.32. The zero-order valence-electron chi connectivity index (χ0n) is 11.4. The summed E-state index contributed by atoms with van der Waals surface area (Å²) in [5, 5.41) is 12.8. The van der Waals surface area contributed by atoms with Crippen molar-refractivity contribution in [3.05, 3.63) is 28.8 Å². The molecule has 0 spiro atoms. The number of aryl methyl sites for hydroxylation is 2. The number of carbonyl (C=O) groups is 1. The Kier molecular flexibility index (Phi) is 2.97. The van der Waals surface area contributed by atoms with Crippen molar-refractivity contribution < 1.29 is 9.90 Å². The monoisotopic (exact) mass is 248 g/mol. The number of carbonyl (C=O) groups excluding carboxylic acids is 1. The summed E-state index contributed by atoms with van der Waals surface area (Å²) in [6.07, 6.45) is 0.860. The molecule has 0 bridgehead atoms. The molecule has 2 N–H and O–H groups in total. The summed E-state index contributed by atoms with van der Waals surface area (Å²) in [7, 11) is 1.79. The second-order valence-electron chi connectivity index (χ2n) is 5.39. The SMILES string of the molecule is Cc1cc(C2(C)CCN(C)C(=O)N2)cc(C)c1O. The van der Waals surface area contributed by atoms with Crippen molar-refractivity contribution in [2.75, 3.05) is 13.6 Å². The molecule has 1 aliphatic heterocycles. The number of urea groups is 1. The van der Waals surface area contributed by atoms with Gasteiger partial charge in [-0.3, -0.25) is 0 Å². The molecular weight excluding hydrogens is 228 g/mol. The lowest BCUT2D eigenvalue weighted by Crippen LogP contribution is -2.55. The molecule has 0 aromatic heterocycles. The van der Waals surface area contributed by atoms with E-state index in [1.54, 1.807) is 11.9 Å². The summed E-state index contributed by atoms with van der Waals surface area (Å²) in [4.78, 5) is 13.5. The van der Waals surface area contributed by atoms with Crippen LogP contribution < -0.4 is 5.32 Å². The molecule has 1 aromatic carbocycles. The van der Waals surface area contributed by atoms with Crippen molar-refractivity contribution in [1.29, 1.82) is 0 Å². The minimum Gasteiger partial charge on any atom is -0.507 e. The van der Waals surface area contributed by atoms with Gasteiger partial charge in [-0.25, -0.2) is 4.79 Å². The number of nitrogens with one attached hydrogen (secondary N) is 1. The standard InChI is InChI=1S/C14H20N2O2/c1-9-7-11(8-10(2)12(9)17)14(3)5-6-16(4)13(18)15-14/h7-8,17H,5-6H2,1-4H3,(H,15,18). The third-order valence-corrected chi connectivity index (χ3v) is 3.80. The summed E-state index contributed by atoms with van der Waals surface area (Å²) >= 11 is 0. The lowest BCUT2D eigenvalue weighted by molar-refractivity contribution is 0.164. The van der Waals surface area contributed by atoms with E-state index in [0.717, 1.165) is 29.7 Å². The van der Waals surface area contributed by atoms with Crippen LogP contribution in [0.15, 0.2) is 12.1 Å². The van der Waals surface area contributed by atoms with Crippen molar-refractivity contribution in [2.45, 2.75) is 32.7 Å². The largest absolute Gasteiger partial charge is 0.507 e. The van der Waals surface area contributed by atoms with Gasteiger partial charge < -0.3 is 15.3 Å². The van der Waals surface area contributed by atoms with E-state index in [1.807, 2.05) is 32.9 Å². The Hall–Kier alpha value is -1.71. The van der Waals surface area contributed by atoms with Gasteiger partial charge >= 0.3 is 6.03 Å². The number of phenols is 1. The summed E-state index contributed by atoms with van der Waals surface area (Å²) in [5.74, 6) is 0.335. The van der Waals surface area contributed by atoms with Gasteiger partial charge in [0.25, 0.3) is 0 Å². The molecule has 1 aliphatic rings. The Morgan fingerprint density at radius 1 is 1.33 bits per heavy atom. The maximum Gasteiger partial charge on any atom is 0.317 e. The zero-order valence-corrected chi connectivity index (χ0v) is 11.4. The smallest absolute Gasteiger partial charge is 0.317 e. The van der Waals surface area contributed by atoms with E-state index in [9.17, 15) is 9.90 Å². The fourth-order valence-electron chi connectivity index (χ4n) is 2.38. The van der Waals surface area contributed by atoms with Crippen LogP contribution in [0.3, 0.4) is 0 Å². The van der Waals surface area contributed by atoms with Gasteiger partial charge in [-0.1, -0.05) is 12.1 Å². The Balaban J connectivity index is 2.39. The number of benzene rings is 1. The molecule has 0 aliphatic carbocycles. The van der Waals surface area contributed by atoms with Crippen LogP contribution in [0.2, 0.25) is 0 Å². The summed E-state index contributed by atoms with van der Waals surface area (Å²) < 4.78 is 0. The van der Waals surface area contributed by atoms with Gasteiger partial charge in [0.1, 0.15) is 5.75 Å². The van der Waals surface area contributed by atoms with E-state index >= 15 is 0 Å². The molecular formula is C14H20N2O2. The molecule has 1 heterocycles. The fourth-order valence-corrected chi connectivity index (χ4v) is 2.38. The summed E-state index contributed by atoms with van der Waals surface area (Å²) in [5.41, 5.74) is 2.39.